The number of rotatable bonds is 2. The zero-order valence-electron chi connectivity index (χ0n) is 10.7. The number of carbonyl (C=O) groups is 2. The van der Waals surface area contributed by atoms with Gasteiger partial charge in [0.1, 0.15) is 6.54 Å². The number of hydrogen-bond acceptors (Lipinski definition) is 5. The quantitative estimate of drug-likeness (QED) is 0.896. The Balaban J connectivity index is 1.73. The summed E-state index contributed by atoms with van der Waals surface area (Å²) in [6, 6.07) is 7.65. The van der Waals surface area contributed by atoms with Crippen LogP contribution in [-0.2, 0) is 9.59 Å². The van der Waals surface area contributed by atoms with Crippen LogP contribution in [0.25, 0.3) is 0 Å². The first-order valence-corrected chi connectivity index (χ1v) is 8.20. The Bertz CT molecular complexity index is 589. The Morgan fingerprint density at radius 1 is 1.35 bits per heavy atom. The second-order valence-corrected chi connectivity index (χ2v) is 6.42. The summed E-state index contributed by atoms with van der Waals surface area (Å²) < 4.78 is 0. The first kappa shape index (κ1) is 13.5. The van der Waals surface area contributed by atoms with Crippen LogP contribution in [0.2, 0.25) is 0 Å². The highest BCUT2D eigenvalue weighted by molar-refractivity contribution is 8.14. The van der Waals surface area contributed by atoms with Crippen molar-refractivity contribution in [2.75, 3.05) is 29.5 Å². The third-order valence-electron chi connectivity index (χ3n) is 2.94. The lowest BCUT2D eigenvalue weighted by molar-refractivity contribution is -0.122. The highest BCUT2D eigenvalue weighted by Crippen LogP contribution is 2.34. The van der Waals surface area contributed by atoms with Crippen molar-refractivity contribution in [2.24, 2.45) is 4.99 Å². The number of amides is 2. The van der Waals surface area contributed by atoms with E-state index in [-0.39, 0.29) is 18.4 Å². The second-order valence-electron chi connectivity index (χ2n) is 4.32. The predicted molar refractivity (Wildman–Crippen MR) is 82.4 cm³/mol. The summed E-state index contributed by atoms with van der Waals surface area (Å²) in [7, 11) is 0. The van der Waals surface area contributed by atoms with Gasteiger partial charge in [-0.25, -0.2) is 0 Å². The molecule has 0 aromatic heterocycles. The van der Waals surface area contributed by atoms with Gasteiger partial charge in [-0.05, 0) is 12.1 Å². The van der Waals surface area contributed by atoms with Gasteiger partial charge in [0.05, 0.1) is 18.0 Å². The Morgan fingerprint density at radius 2 is 2.20 bits per heavy atom. The highest BCUT2D eigenvalue weighted by atomic mass is 32.2. The van der Waals surface area contributed by atoms with Crippen LogP contribution in [-0.4, -0.2) is 41.6 Å². The number of carbonyl (C=O) groups excluding carboxylic acids is 2. The third kappa shape index (κ3) is 2.83. The van der Waals surface area contributed by atoms with Crippen LogP contribution in [0.5, 0.6) is 0 Å². The number of amidine groups is 1. The number of nitrogens with zero attached hydrogens (tertiary/aromatic N) is 2. The van der Waals surface area contributed by atoms with Gasteiger partial charge in [-0.1, -0.05) is 23.9 Å². The Kier molecular flexibility index (Phi) is 3.98. The van der Waals surface area contributed by atoms with E-state index in [1.807, 2.05) is 24.3 Å². The average molecular weight is 307 g/mol. The van der Waals surface area contributed by atoms with Gasteiger partial charge in [0, 0.05) is 10.6 Å². The monoisotopic (exact) mass is 307 g/mol. The van der Waals surface area contributed by atoms with E-state index in [1.54, 1.807) is 4.90 Å². The Labute approximate surface area is 125 Å². The van der Waals surface area contributed by atoms with E-state index < -0.39 is 0 Å². The Hall–Kier alpha value is -1.47. The number of fused-ring (bicyclic) bond motifs is 1. The summed E-state index contributed by atoms with van der Waals surface area (Å²) in [4.78, 5) is 30.8. The van der Waals surface area contributed by atoms with Crippen molar-refractivity contribution in [1.29, 1.82) is 0 Å². The molecule has 1 aromatic rings. The molecule has 2 aliphatic rings. The zero-order chi connectivity index (χ0) is 13.9. The highest BCUT2D eigenvalue weighted by Gasteiger charge is 2.26. The molecule has 0 atom stereocenters. The molecule has 2 heterocycles. The van der Waals surface area contributed by atoms with Gasteiger partial charge in [0.2, 0.25) is 11.8 Å². The maximum Gasteiger partial charge on any atom is 0.245 e. The number of benzene rings is 1. The summed E-state index contributed by atoms with van der Waals surface area (Å²) in [5.41, 5.74) is 0.810. The molecule has 0 saturated heterocycles. The topological polar surface area (TPSA) is 61.8 Å². The maximum atomic E-state index is 12.0. The molecule has 1 aromatic carbocycles. The standard InChI is InChI=1S/C13H13N3O2S2/c17-11(15-13-14-5-6-19-13)7-16-9-3-1-2-4-10(9)20-8-12(16)18/h1-4H,5-8H2,(H,14,15,17). The van der Waals surface area contributed by atoms with Crippen molar-refractivity contribution in [3.8, 4) is 0 Å². The first-order chi connectivity index (χ1) is 9.74. The fourth-order valence-corrected chi connectivity index (χ4v) is 3.72. The molecule has 0 aliphatic carbocycles. The molecular weight excluding hydrogens is 294 g/mol. The van der Waals surface area contributed by atoms with Crippen LogP contribution in [0.3, 0.4) is 0 Å². The summed E-state index contributed by atoms with van der Waals surface area (Å²) in [6.45, 7) is 0.776. The van der Waals surface area contributed by atoms with Crippen molar-refractivity contribution in [3.63, 3.8) is 0 Å². The van der Waals surface area contributed by atoms with Crippen molar-refractivity contribution in [2.45, 2.75) is 4.90 Å². The minimum absolute atomic E-state index is 0.0372. The molecule has 0 radical (unpaired) electrons. The number of para-hydroxylation sites is 1. The molecule has 0 bridgehead atoms. The lowest BCUT2D eigenvalue weighted by Gasteiger charge is -2.28. The van der Waals surface area contributed by atoms with E-state index in [1.165, 1.54) is 23.5 Å². The van der Waals surface area contributed by atoms with Gasteiger partial charge in [-0.2, -0.15) is 0 Å². The van der Waals surface area contributed by atoms with Crippen molar-refractivity contribution in [3.05, 3.63) is 24.3 Å². The second kappa shape index (κ2) is 5.88. The van der Waals surface area contributed by atoms with Crippen LogP contribution in [0.4, 0.5) is 5.69 Å². The fourth-order valence-electron chi connectivity index (χ4n) is 2.04. The molecule has 1 N–H and O–H groups in total. The molecule has 0 unspecified atom stereocenters. The van der Waals surface area contributed by atoms with Gasteiger partial charge >= 0.3 is 0 Å². The number of aliphatic imine (C=N–C) groups is 1. The lowest BCUT2D eigenvalue weighted by atomic mass is 10.2. The minimum atomic E-state index is -0.201. The molecular formula is C13H13N3O2S2. The van der Waals surface area contributed by atoms with Gasteiger partial charge in [-0.3, -0.25) is 14.6 Å². The van der Waals surface area contributed by atoms with Crippen molar-refractivity contribution in [1.82, 2.24) is 5.32 Å². The van der Waals surface area contributed by atoms with Crippen LogP contribution < -0.4 is 10.2 Å². The number of thioether (sulfide) groups is 2. The van der Waals surface area contributed by atoms with Crippen molar-refractivity contribution < 1.29 is 9.59 Å². The van der Waals surface area contributed by atoms with Gasteiger partial charge in [0.25, 0.3) is 0 Å². The van der Waals surface area contributed by atoms with E-state index in [0.717, 1.165) is 22.9 Å². The first-order valence-electron chi connectivity index (χ1n) is 6.23. The van der Waals surface area contributed by atoms with Gasteiger partial charge in [0.15, 0.2) is 5.17 Å². The SMILES string of the molecule is O=C(CN1C(=O)CSc2ccccc21)NC1=NCCS1. The van der Waals surface area contributed by atoms with Crippen LogP contribution in [0.1, 0.15) is 0 Å². The molecule has 0 fully saturated rings. The molecule has 20 heavy (non-hydrogen) atoms. The molecule has 3 rings (SSSR count). The fraction of sp³-hybridized carbons (Fsp3) is 0.308. The smallest absolute Gasteiger partial charge is 0.245 e. The van der Waals surface area contributed by atoms with Gasteiger partial charge in [-0.15, -0.1) is 11.8 Å². The van der Waals surface area contributed by atoms with E-state index in [9.17, 15) is 9.59 Å². The molecule has 5 nitrogen and oxygen atoms in total. The molecule has 7 heteroatoms. The van der Waals surface area contributed by atoms with E-state index >= 15 is 0 Å². The largest absolute Gasteiger partial charge is 0.304 e. The predicted octanol–water partition coefficient (Wildman–Crippen LogP) is 1.34. The third-order valence-corrected chi connectivity index (χ3v) is 4.88. The van der Waals surface area contributed by atoms with Crippen molar-refractivity contribution >= 4 is 46.2 Å². The van der Waals surface area contributed by atoms with Gasteiger partial charge < -0.3 is 10.2 Å². The van der Waals surface area contributed by atoms with Crippen LogP contribution in [0, 0.1) is 0 Å². The summed E-state index contributed by atoms with van der Waals surface area (Å²) >= 11 is 3.04. The summed E-state index contributed by atoms with van der Waals surface area (Å²) in [6.07, 6.45) is 0. The maximum absolute atomic E-state index is 12.0. The van der Waals surface area contributed by atoms with Crippen LogP contribution in [0.15, 0.2) is 34.2 Å². The van der Waals surface area contributed by atoms with E-state index in [0.29, 0.717) is 10.9 Å². The number of anilines is 1. The van der Waals surface area contributed by atoms with E-state index in [4.69, 9.17) is 0 Å². The molecule has 2 aliphatic heterocycles. The normalized spacial score (nSPS) is 17.7. The zero-order valence-corrected chi connectivity index (χ0v) is 12.3. The molecule has 0 spiro atoms. The Morgan fingerprint density at radius 3 is 3.00 bits per heavy atom. The molecule has 0 saturated carbocycles. The molecule has 2 amide bonds. The summed E-state index contributed by atoms with van der Waals surface area (Å²) in [5.74, 6) is 1.04. The molecule has 104 valence electrons. The average Bonchev–Trinajstić information content (AvgIpc) is 2.95. The summed E-state index contributed by atoms with van der Waals surface area (Å²) in [5, 5.41) is 3.41. The van der Waals surface area contributed by atoms with E-state index in [2.05, 4.69) is 10.3 Å². The van der Waals surface area contributed by atoms with Crippen LogP contribution >= 0.6 is 23.5 Å². The number of nitrogens with one attached hydrogen (secondary N) is 1. The number of hydrogen-bond donors (Lipinski definition) is 1. The lowest BCUT2D eigenvalue weighted by Crippen LogP contribution is -2.44. The minimum Gasteiger partial charge on any atom is -0.304 e.